The number of aryl methyl sites for hydroxylation is 1. The first kappa shape index (κ1) is 22.5. The fourth-order valence-corrected chi connectivity index (χ4v) is 3.40. The second kappa shape index (κ2) is 9.13. The lowest BCUT2D eigenvalue weighted by molar-refractivity contribution is 0.0316. The highest BCUT2D eigenvalue weighted by atomic mass is 35.5. The van der Waals surface area contributed by atoms with Crippen molar-refractivity contribution >= 4 is 29.1 Å². The molecule has 1 aromatic carbocycles. The third-order valence-corrected chi connectivity index (χ3v) is 4.72. The molecule has 156 valence electrons. The number of benzene rings is 1. The Kier molecular flexibility index (Phi) is 7.08. The number of methoxy groups -OCH3 is 1. The summed E-state index contributed by atoms with van der Waals surface area (Å²) in [5, 5.41) is 0.194. The topological polar surface area (TPSA) is 94.7 Å². The normalized spacial score (nSPS) is 11.7. The van der Waals surface area contributed by atoms with Gasteiger partial charge in [-0.15, -0.1) is 0 Å². The molecule has 1 aromatic heterocycles. The fraction of sp³-hybridized carbons (Fsp3) is 0.381. The van der Waals surface area contributed by atoms with E-state index in [9.17, 15) is 14.4 Å². The van der Waals surface area contributed by atoms with Crippen LogP contribution in [0.2, 0.25) is 5.02 Å². The Morgan fingerprint density at radius 3 is 2.38 bits per heavy atom. The van der Waals surface area contributed by atoms with Gasteiger partial charge in [0.05, 0.1) is 30.0 Å². The summed E-state index contributed by atoms with van der Waals surface area (Å²) in [7, 11) is 1.43. The van der Waals surface area contributed by atoms with E-state index in [1.807, 2.05) is 0 Å². The molecular weight excluding hydrogens is 398 g/mol. The molecule has 29 heavy (non-hydrogen) atoms. The number of aromatic amines is 1. The zero-order valence-corrected chi connectivity index (χ0v) is 18.0. The van der Waals surface area contributed by atoms with Crippen LogP contribution in [-0.2, 0) is 4.74 Å². The van der Waals surface area contributed by atoms with Crippen LogP contribution in [0.4, 0.5) is 0 Å². The van der Waals surface area contributed by atoms with Gasteiger partial charge in [-0.25, -0.2) is 4.79 Å². The molecule has 0 aliphatic rings. The Hall–Kier alpha value is -2.80. The van der Waals surface area contributed by atoms with Gasteiger partial charge in [-0.1, -0.05) is 11.6 Å². The van der Waals surface area contributed by atoms with E-state index in [4.69, 9.17) is 25.8 Å². The minimum atomic E-state index is -1.07. The molecule has 0 aliphatic heterocycles. The van der Waals surface area contributed by atoms with Gasteiger partial charge in [-0.2, -0.15) is 0 Å². The van der Waals surface area contributed by atoms with Crippen LogP contribution >= 0.6 is 11.6 Å². The predicted octanol–water partition coefficient (Wildman–Crippen LogP) is 4.32. The number of Topliss-reactive ketones (excluding diaryl/α,β-unsaturated/α-hetero) is 2. The number of esters is 1. The lowest BCUT2D eigenvalue weighted by Gasteiger charge is -2.15. The van der Waals surface area contributed by atoms with Crippen LogP contribution in [0.1, 0.15) is 63.2 Å². The number of aromatic nitrogens is 1. The second-order valence-corrected chi connectivity index (χ2v) is 6.92. The molecule has 0 saturated carbocycles. The van der Waals surface area contributed by atoms with Crippen LogP contribution in [0.15, 0.2) is 12.1 Å². The highest BCUT2D eigenvalue weighted by molar-refractivity contribution is 6.32. The standard InChI is InChI=1S/C21H24ClNO6/c1-7-28-20-15(22)8-14(9-16(20)27-6)21(26)29-13(5)19(25)18-10(2)17(12(4)24)11(3)23-18/h8-9,13,23H,7H2,1-6H3/t13-/m1/s1. The molecule has 2 rings (SSSR count). The average molecular weight is 422 g/mol. The van der Waals surface area contributed by atoms with Crippen molar-refractivity contribution < 1.29 is 28.6 Å². The number of ether oxygens (including phenoxy) is 3. The van der Waals surface area contributed by atoms with Crippen LogP contribution in [0.25, 0.3) is 0 Å². The average Bonchev–Trinajstić information content (AvgIpc) is 2.96. The molecule has 0 saturated heterocycles. The smallest absolute Gasteiger partial charge is 0.339 e. The number of hydrogen-bond donors (Lipinski definition) is 1. The number of carbonyl (C=O) groups is 3. The Morgan fingerprint density at radius 2 is 1.86 bits per heavy atom. The van der Waals surface area contributed by atoms with Gasteiger partial charge in [0, 0.05) is 11.3 Å². The molecule has 7 nitrogen and oxygen atoms in total. The number of carbonyl (C=O) groups excluding carboxylic acids is 3. The third-order valence-electron chi connectivity index (χ3n) is 4.44. The number of hydrogen-bond acceptors (Lipinski definition) is 6. The fourth-order valence-electron chi connectivity index (χ4n) is 3.13. The largest absolute Gasteiger partial charge is 0.493 e. The van der Waals surface area contributed by atoms with Crippen molar-refractivity contribution in [3.8, 4) is 11.5 Å². The molecule has 0 bridgehead atoms. The van der Waals surface area contributed by atoms with E-state index in [2.05, 4.69) is 4.98 Å². The molecule has 0 unspecified atom stereocenters. The maximum atomic E-state index is 12.8. The van der Waals surface area contributed by atoms with Crippen LogP contribution in [0.5, 0.6) is 11.5 Å². The van der Waals surface area contributed by atoms with Crippen molar-refractivity contribution in [1.29, 1.82) is 0 Å². The number of rotatable bonds is 8. The highest BCUT2D eigenvalue weighted by Crippen LogP contribution is 2.36. The van der Waals surface area contributed by atoms with Crippen molar-refractivity contribution in [1.82, 2.24) is 4.98 Å². The SMILES string of the molecule is CCOc1c(Cl)cc(C(=O)O[C@H](C)C(=O)c2[nH]c(C)c(C(C)=O)c2C)cc1OC. The van der Waals surface area contributed by atoms with E-state index in [0.29, 0.717) is 29.2 Å². The molecule has 1 atom stereocenters. The maximum absolute atomic E-state index is 12.8. The summed E-state index contributed by atoms with van der Waals surface area (Å²) in [6.07, 6.45) is -1.07. The molecule has 8 heteroatoms. The van der Waals surface area contributed by atoms with Gasteiger partial charge in [-0.05, 0) is 52.3 Å². The summed E-state index contributed by atoms with van der Waals surface area (Å²) in [6.45, 7) is 8.47. The second-order valence-electron chi connectivity index (χ2n) is 6.52. The summed E-state index contributed by atoms with van der Waals surface area (Å²) in [5.41, 5.74) is 1.97. The van der Waals surface area contributed by atoms with Crippen LogP contribution < -0.4 is 9.47 Å². The number of nitrogens with one attached hydrogen (secondary N) is 1. The van der Waals surface area contributed by atoms with Crippen molar-refractivity contribution in [2.24, 2.45) is 0 Å². The van der Waals surface area contributed by atoms with Gasteiger partial charge >= 0.3 is 5.97 Å². The lowest BCUT2D eigenvalue weighted by atomic mass is 10.0. The van der Waals surface area contributed by atoms with E-state index in [-0.39, 0.29) is 27.8 Å². The maximum Gasteiger partial charge on any atom is 0.339 e. The van der Waals surface area contributed by atoms with E-state index in [1.165, 1.54) is 33.1 Å². The molecule has 0 radical (unpaired) electrons. The first-order valence-corrected chi connectivity index (χ1v) is 9.45. The van der Waals surface area contributed by atoms with Crippen LogP contribution in [-0.4, -0.2) is 42.3 Å². The van der Waals surface area contributed by atoms with Gasteiger partial charge in [0.1, 0.15) is 0 Å². The van der Waals surface area contributed by atoms with Gasteiger partial charge in [0.15, 0.2) is 23.4 Å². The predicted molar refractivity (Wildman–Crippen MR) is 109 cm³/mol. The van der Waals surface area contributed by atoms with Crippen molar-refractivity contribution in [2.75, 3.05) is 13.7 Å². The Labute approximate surface area is 174 Å². The van der Waals surface area contributed by atoms with Gasteiger partial charge in [-0.3, -0.25) is 9.59 Å². The number of H-pyrrole nitrogens is 1. The third kappa shape index (κ3) is 4.62. The van der Waals surface area contributed by atoms with Crippen LogP contribution in [0, 0.1) is 13.8 Å². The zero-order chi connectivity index (χ0) is 21.9. The summed E-state index contributed by atoms with van der Waals surface area (Å²) in [5.74, 6) is -0.702. The van der Waals surface area contributed by atoms with Crippen molar-refractivity contribution in [3.63, 3.8) is 0 Å². The summed E-state index contributed by atoms with van der Waals surface area (Å²) < 4.78 is 16.0. The van der Waals surface area contributed by atoms with Crippen molar-refractivity contribution in [3.05, 3.63) is 45.2 Å². The molecule has 2 aromatic rings. The van der Waals surface area contributed by atoms with E-state index in [1.54, 1.807) is 20.8 Å². The first-order chi connectivity index (χ1) is 13.6. The molecular formula is C21H24ClNO6. The molecule has 0 aliphatic carbocycles. The Balaban J connectivity index is 2.25. The molecule has 1 N–H and O–H groups in total. The highest BCUT2D eigenvalue weighted by Gasteiger charge is 2.27. The van der Waals surface area contributed by atoms with Gasteiger partial charge in [0.2, 0.25) is 5.78 Å². The summed E-state index contributed by atoms with van der Waals surface area (Å²) in [4.78, 5) is 40.0. The monoisotopic (exact) mass is 421 g/mol. The minimum Gasteiger partial charge on any atom is -0.493 e. The van der Waals surface area contributed by atoms with Crippen LogP contribution in [0.3, 0.4) is 0 Å². The lowest BCUT2D eigenvalue weighted by Crippen LogP contribution is -2.25. The first-order valence-electron chi connectivity index (χ1n) is 9.07. The van der Waals surface area contributed by atoms with E-state index >= 15 is 0 Å². The summed E-state index contributed by atoms with van der Waals surface area (Å²) >= 11 is 6.19. The molecule has 0 fully saturated rings. The van der Waals surface area contributed by atoms with Gasteiger partial charge < -0.3 is 19.2 Å². The number of halogens is 1. The quantitative estimate of drug-likeness (QED) is 0.503. The van der Waals surface area contributed by atoms with E-state index in [0.717, 1.165) is 0 Å². The van der Waals surface area contributed by atoms with Gasteiger partial charge in [0.25, 0.3) is 0 Å². The van der Waals surface area contributed by atoms with Crippen molar-refractivity contribution in [2.45, 2.75) is 40.7 Å². The molecule has 0 amide bonds. The Bertz CT molecular complexity index is 963. The zero-order valence-electron chi connectivity index (χ0n) is 17.3. The summed E-state index contributed by atoms with van der Waals surface area (Å²) in [6, 6.07) is 2.83. The molecule has 1 heterocycles. The number of ketones is 2. The Morgan fingerprint density at radius 1 is 1.21 bits per heavy atom. The minimum absolute atomic E-state index is 0.124. The molecule has 0 spiro atoms. The van der Waals surface area contributed by atoms with E-state index < -0.39 is 17.9 Å².